The summed E-state index contributed by atoms with van der Waals surface area (Å²) in [6, 6.07) is 0. The summed E-state index contributed by atoms with van der Waals surface area (Å²) in [6.45, 7) is 0. The molecule has 0 atom stereocenters. The van der Waals surface area contributed by atoms with Crippen molar-refractivity contribution in [1.82, 2.24) is 0 Å². The van der Waals surface area contributed by atoms with Gasteiger partial charge < -0.3 is 4.74 Å². The maximum atomic E-state index is 10.9. The van der Waals surface area contributed by atoms with Crippen LogP contribution in [0.15, 0.2) is 0 Å². The van der Waals surface area contributed by atoms with Crippen LogP contribution in [0.3, 0.4) is 0 Å². The van der Waals surface area contributed by atoms with Crippen LogP contribution in [0.2, 0.25) is 0 Å². The maximum absolute atomic E-state index is 10.9. The Hall–Kier alpha value is -0.240. The summed E-state index contributed by atoms with van der Waals surface area (Å²) < 4.78 is 6.06. The van der Waals surface area contributed by atoms with Crippen LogP contribution < -0.4 is 0 Å². The van der Waals surface area contributed by atoms with Gasteiger partial charge in [0.05, 0.1) is 0 Å². The second-order valence-corrected chi connectivity index (χ2v) is 3.82. The van der Waals surface area contributed by atoms with E-state index in [1.165, 1.54) is 0 Å². The molecule has 1 saturated carbocycles. The van der Waals surface area contributed by atoms with Gasteiger partial charge >= 0.3 is 5.97 Å². The second kappa shape index (κ2) is 4.13. The first-order valence-electron chi connectivity index (χ1n) is 3.98. The van der Waals surface area contributed by atoms with Crippen molar-refractivity contribution in [3.05, 3.63) is 0 Å². The van der Waals surface area contributed by atoms with E-state index >= 15 is 0 Å². The van der Waals surface area contributed by atoms with Crippen LogP contribution >= 0.6 is 22.6 Å². The summed E-state index contributed by atoms with van der Waals surface area (Å²) in [5.74, 6) is 1.47. The lowest BCUT2D eigenvalue weighted by Gasteiger charge is -2.25. The average Bonchev–Trinajstić information content (AvgIpc) is 2.54. The molecule has 0 N–H and O–H groups in total. The number of hydrogen-bond donors (Lipinski definition) is 0. The molecule has 2 nitrogen and oxygen atoms in total. The third-order valence-electron chi connectivity index (χ3n) is 2.19. The molecule has 12 heavy (non-hydrogen) atoms. The van der Waals surface area contributed by atoms with Gasteiger partial charge in [0, 0.05) is 10.3 Å². The van der Waals surface area contributed by atoms with E-state index in [9.17, 15) is 4.79 Å². The first-order chi connectivity index (χ1) is 5.72. The average molecular weight is 278 g/mol. The fourth-order valence-electron chi connectivity index (χ4n) is 1.51. The molecule has 0 heterocycles. The van der Waals surface area contributed by atoms with Crippen molar-refractivity contribution >= 4 is 28.6 Å². The molecule has 0 spiro atoms. The van der Waals surface area contributed by atoms with E-state index in [2.05, 4.69) is 22.6 Å². The van der Waals surface area contributed by atoms with Gasteiger partial charge in [-0.2, -0.15) is 0 Å². The minimum absolute atomic E-state index is 0.246. The summed E-state index contributed by atoms with van der Waals surface area (Å²) in [5, 5.41) is 0. The van der Waals surface area contributed by atoms with Gasteiger partial charge in [-0.25, -0.2) is 4.79 Å². The lowest BCUT2D eigenvalue weighted by Crippen LogP contribution is -2.33. The number of alkyl halides is 1. The van der Waals surface area contributed by atoms with E-state index in [1.807, 2.05) is 5.92 Å². The summed E-state index contributed by atoms with van der Waals surface area (Å²) >= 11 is 2.25. The number of carbonyl (C=O) groups is 1. The van der Waals surface area contributed by atoms with Crippen LogP contribution in [-0.2, 0) is 9.53 Å². The Morgan fingerprint density at radius 3 is 2.58 bits per heavy atom. The molecule has 0 unspecified atom stereocenters. The molecule has 0 aromatic carbocycles. The highest BCUT2D eigenvalue weighted by atomic mass is 127. The molecule has 3 heteroatoms. The molecule has 0 aromatic rings. The number of terminal acetylenes is 1. The van der Waals surface area contributed by atoms with Gasteiger partial charge in [-0.15, -0.1) is 6.42 Å². The molecule has 0 amide bonds. The van der Waals surface area contributed by atoms with Gasteiger partial charge in [0.25, 0.3) is 0 Å². The summed E-state index contributed by atoms with van der Waals surface area (Å²) in [6.07, 6.45) is 9.14. The number of ether oxygens (including phenoxy) is 1. The van der Waals surface area contributed by atoms with Gasteiger partial charge in [0.1, 0.15) is 5.60 Å². The minimum Gasteiger partial charge on any atom is -0.449 e. The second-order valence-electron chi connectivity index (χ2n) is 3.06. The normalized spacial score (nSPS) is 20.0. The van der Waals surface area contributed by atoms with Crippen molar-refractivity contribution in [2.45, 2.75) is 31.3 Å². The standard InChI is InChI=1S/C9H11IO2/c1-2-8(11)12-9(7-10)5-3-4-6-9/h1H,3-7H2. The Morgan fingerprint density at radius 1 is 1.58 bits per heavy atom. The topological polar surface area (TPSA) is 26.3 Å². The Morgan fingerprint density at radius 2 is 2.17 bits per heavy atom. The first-order valence-corrected chi connectivity index (χ1v) is 5.50. The SMILES string of the molecule is C#CC(=O)OC1(CI)CCCC1. The molecular weight excluding hydrogens is 267 g/mol. The zero-order valence-corrected chi connectivity index (χ0v) is 8.96. The quantitative estimate of drug-likeness (QED) is 0.253. The van der Waals surface area contributed by atoms with E-state index in [1.54, 1.807) is 0 Å². The van der Waals surface area contributed by atoms with Crippen molar-refractivity contribution < 1.29 is 9.53 Å². The minimum atomic E-state index is -0.520. The molecule has 1 aliphatic carbocycles. The molecule has 1 aliphatic rings. The molecule has 0 aromatic heterocycles. The molecule has 66 valence electrons. The molecule has 1 fully saturated rings. The van der Waals surface area contributed by atoms with Crippen LogP contribution in [0.4, 0.5) is 0 Å². The third-order valence-corrected chi connectivity index (χ3v) is 3.58. The predicted molar refractivity (Wildman–Crippen MR) is 55.0 cm³/mol. The number of hydrogen-bond acceptors (Lipinski definition) is 2. The van der Waals surface area contributed by atoms with Crippen LogP contribution in [-0.4, -0.2) is 16.0 Å². The molecule has 0 saturated heterocycles. The molecular formula is C9H11IO2. The van der Waals surface area contributed by atoms with Crippen LogP contribution in [0.5, 0.6) is 0 Å². The lowest BCUT2D eigenvalue weighted by atomic mass is 10.1. The van der Waals surface area contributed by atoms with Gasteiger partial charge in [0.2, 0.25) is 0 Å². The number of esters is 1. The van der Waals surface area contributed by atoms with Crippen molar-refractivity contribution in [3.8, 4) is 12.3 Å². The Labute approximate surface area is 86.2 Å². The van der Waals surface area contributed by atoms with Gasteiger partial charge in [0.15, 0.2) is 0 Å². The predicted octanol–water partition coefficient (Wildman–Crippen LogP) is 1.91. The number of halogens is 1. The highest BCUT2D eigenvalue weighted by Gasteiger charge is 2.36. The van der Waals surface area contributed by atoms with E-state index in [0.29, 0.717) is 0 Å². The third kappa shape index (κ3) is 2.13. The monoisotopic (exact) mass is 278 g/mol. The summed E-state index contributed by atoms with van der Waals surface area (Å²) in [7, 11) is 0. The molecule has 1 rings (SSSR count). The van der Waals surface area contributed by atoms with Crippen LogP contribution in [0, 0.1) is 12.3 Å². The number of carbonyl (C=O) groups excluding carboxylic acids is 1. The van der Waals surface area contributed by atoms with Crippen molar-refractivity contribution in [1.29, 1.82) is 0 Å². The Kier molecular flexibility index (Phi) is 3.39. The van der Waals surface area contributed by atoms with E-state index < -0.39 is 5.97 Å². The van der Waals surface area contributed by atoms with E-state index in [-0.39, 0.29) is 5.60 Å². The fraction of sp³-hybridized carbons (Fsp3) is 0.667. The lowest BCUT2D eigenvalue weighted by molar-refractivity contribution is -0.149. The van der Waals surface area contributed by atoms with Gasteiger partial charge in [-0.05, 0) is 25.7 Å². The van der Waals surface area contributed by atoms with Crippen LogP contribution in [0.1, 0.15) is 25.7 Å². The van der Waals surface area contributed by atoms with Gasteiger partial charge in [-0.1, -0.05) is 22.6 Å². The first kappa shape index (κ1) is 9.85. The molecule has 0 bridgehead atoms. The Bertz CT molecular complexity index is 211. The highest BCUT2D eigenvalue weighted by molar-refractivity contribution is 14.1. The zero-order valence-electron chi connectivity index (χ0n) is 6.81. The largest absolute Gasteiger partial charge is 0.449 e. The van der Waals surface area contributed by atoms with Gasteiger partial charge in [-0.3, -0.25) is 0 Å². The van der Waals surface area contributed by atoms with Crippen LogP contribution in [0.25, 0.3) is 0 Å². The highest BCUT2D eigenvalue weighted by Crippen LogP contribution is 2.34. The number of rotatable bonds is 2. The fourth-order valence-corrected chi connectivity index (χ4v) is 2.43. The van der Waals surface area contributed by atoms with E-state index in [4.69, 9.17) is 11.2 Å². The summed E-state index contributed by atoms with van der Waals surface area (Å²) in [4.78, 5) is 10.9. The van der Waals surface area contributed by atoms with Crippen molar-refractivity contribution in [2.24, 2.45) is 0 Å². The summed E-state index contributed by atoms with van der Waals surface area (Å²) in [5.41, 5.74) is -0.246. The maximum Gasteiger partial charge on any atom is 0.384 e. The smallest absolute Gasteiger partial charge is 0.384 e. The molecule has 0 radical (unpaired) electrons. The van der Waals surface area contributed by atoms with Crippen molar-refractivity contribution in [2.75, 3.05) is 4.43 Å². The van der Waals surface area contributed by atoms with E-state index in [0.717, 1.165) is 30.1 Å². The van der Waals surface area contributed by atoms with Crippen molar-refractivity contribution in [3.63, 3.8) is 0 Å². The zero-order chi connectivity index (χ0) is 9.03. The Balaban J connectivity index is 2.56. The molecule has 0 aliphatic heterocycles.